The fraction of sp³-hybridized carbons (Fsp3) is 0.400. The molecule has 0 bridgehead atoms. The molecule has 0 fully saturated rings. The zero-order valence-electron chi connectivity index (χ0n) is 13.9. The molecule has 0 aliphatic carbocycles. The highest BCUT2D eigenvalue weighted by atomic mass is 19.1. The molecule has 124 valence electrons. The summed E-state index contributed by atoms with van der Waals surface area (Å²) < 4.78 is 18.8. The third kappa shape index (κ3) is 6.41. The van der Waals surface area contributed by atoms with Crippen LogP contribution in [0.4, 0.5) is 4.39 Å². The smallest absolute Gasteiger partial charge is 0.123 e. The Morgan fingerprint density at radius 1 is 0.913 bits per heavy atom. The van der Waals surface area contributed by atoms with Crippen LogP contribution in [0.1, 0.15) is 43.7 Å². The van der Waals surface area contributed by atoms with Gasteiger partial charge in [-0.1, -0.05) is 56.5 Å². The predicted molar refractivity (Wildman–Crippen MR) is 93.0 cm³/mol. The number of hydrogen-bond acceptors (Lipinski definition) is 2. The maximum absolute atomic E-state index is 12.9. The third-order valence-electron chi connectivity index (χ3n) is 3.79. The molecule has 3 heteroatoms. The summed E-state index contributed by atoms with van der Waals surface area (Å²) in [5, 5.41) is 3.39. The van der Waals surface area contributed by atoms with E-state index in [2.05, 4.69) is 18.3 Å². The molecule has 0 unspecified atom stereocenters. The lowest BCUT2D eigenvalue weighted by molar-refractivity contribution is 0.301. The average molecular weight is 315 g/mol. The van der Waals surface area contributed by atoms with Crippen LogP contribution < -0.4 is 10.1 Å². The van der Waals surface area contributed by atoms with E-state index in [9.17, 15) is 4.39 Å². The summed E-state index contributed by atoms with van der Waals surface area (Å²) in [6.07, 6.45) is 4.83. The number of nitrogens with one attached hydrogen (secondary N) is 1. The number of halogens is 1. The first-order valence-electron chi connectivity index (χ1n) is 8.45. The van der Waals surface area contributed by atoms with Crippen molar-refractivity contribution in [2.45, 2.75) is 45.7 Å². The van der Waals surface area contributed by atoms with E-state index in [1.165, 1.54) is 31.4 Å². The molecule has 2 aromatic rings. The van der Waals surface area contributed by atoms with Crippen LogP contribution in [0.25, 0.3) is 0 Å². The van der Waals surface area contributed by atoms with E-state index in [0.29, 0.717) is 6.54 Å². The Kier molecular flexibility index (Phi) is 7.61. The summed E-state index contributed by atoms with van der Waals surface area (Å²) in [5.41, 5.74) is 2.23. The average Bonchev–Trinajstić information content (AvgIpc) is 2.58. The van der Waals surface area contributed by atoms with Gasteiger partial charge in [-0.05, 0) is 30.2 Å². The first-order chi connectivity index (χ1) is 11.3. The van der Waals surface area contributed by atoms with Crippen LogP contribution in [-0.4, -0.2) is 6.61 Å². The summed E-state index contributed by atoms with van der Waals surface area (Å²) in [6.45, 7) is 4.44. The van der Waals surface area contributed by atoms with Gasteiger partial charge in [0.25, 0.3) is 0 Å². The molecule has 0 heterocycles. The van der Waals surface area contributed by atoms with Crippen molar-refractivity contribution in [2.24, 2.45) is 0 Å². The van der Waals surface area contributed by atoms with Gasteiger partial charge in [0.15, 0.2) is 0 Å². The van der Waals surface area contributed by atoms with E-state index in [4.69, 9.17) is 4.74 Å². The Hall–Kier alpha value is -1.87. The van der Waals surface area contributed by atoms with Crippen molar-refractivity contribution in [3.8, 4) is 5.75 Å². The number of para-hydroxylation sites is 1. The Labute approximate surface area is 138 Å². The quantitative estimate of drug-likeness (QED) is 0.618. The van der Waals surface area contributed by atoms with E-state index < -0.39 is 0 Å². The van der Waals surface area contributed by atoms with Crippen molar-refractivity contribution < 1.29 is 9.13 Å². The zero-order valence-corrected chi connectivity index (χ0v) is 13.9. The SMILES string of the molecule is CCCCCCOc1ccccc1CNCc1ccc(F)cc1. The molecule has 23 heavy (non-hydrogen) atoms. The lowest BCUT2D eigenvalue weighted by Gasteiger charge is -2.12. The van der Waals surface area contributed by atoms with Gasteiger partial charge in [-0.2, -0.15) is 0 Å². The summed E-state index contributed by atoms with van der Waals surface area (Å²) >= 11 is 0. The van der Waals surface area contributed by atoms with E-state index in [1.54, 1.807) is 12.1 Å². The first kappa shape index (κ1) is 17.5. The fourth-order valence-corrected chi connectivity index (χ4v) is 2.45. The van der Waals surface area contributed by atoms with E-state index >= 15 is 0 Å². The monoisotopic (exact) mass is 315 g/mol. The van der Waals surface area contributed by atoms with Crippen LogP contribution in [-0.2, 0) is 13.1 Å². The second-order valence-electron chi connectivity index (χ2n) is 5.75. The van der Waals surface area contributed by atoms with Gasteiger partial charge in [-0.15, -0.1) is 0 Å². The van der Waals surface area contributed by atoms with Crippen molar-refractivity contribution in [3.63, 3.8) is 0 Å². The molecule has 0 spiro atoms. The first-order valence-corrected chi connectivity index (χ1v) is 8.45. The van der Waals surface area contributed by atoms with Gasteiger partial charge in [-0.3, -0.25) is 0 Å². The van der Waals surface area contributed by atoms with Crippen molar-refractivity contribution >= 4 is 0 Å². The molecule has 0 aliphatic heterocycles. The van der Waals surface area contributed by atoms with Crippen LogP contribution in [0.15, 0.2) is 48.5 Å². The van der Waals surface area contributed by atoms with Crippen molar-refractivity contribution in [2.75, 3.05) is 6.61 Å². The highest BCUT2D eigenvalue weighted by Gasteiger charge is 2.03. The normalized spacial score (nSPS) is 10.7. The van der Waals surface area contributed by atoms with Crippen molar-refractivity contribution in [1.82, 2.24) is 5.32 Å². The van der Waals surface area contributed by atoms with Crippen LogP contribution >= 0.6 is 0 Å². The number of unbranched alkanes of at least 4 members (excludes halogenated alkanes) is 3. The second-order valence-corrected chi connectivity index (χ2v) is 5.75. The number of ether oxygens (including phenoxy) is 1. The molecule has 0 saturated carbocycles. The molecule has 2 nitrogen and oxygen atoms in total. The van der Waals surface area contributed by atoms with E-state index in [1.807, 2.05) is 18.2 Å². The zero-order chi connectivity index (χ0) is 16.3. The van der Waals surface area contributed by atoms with Crippen LogP contribution in [0.5, 0.6) is 5.75 Å². The van der Waals surface area contributed by atoms with E-state index in [-0.39, 0.29) is 5.82 Å². The summed E-state index contributed by atoms with van der Waals surface area (Å²) in [7, 11) is 0. The van der Waals surface area contributed by atoms with Gasteiger partial charge in [0.1, 0.15) is 11.6 Å². The molecule has 0 amide bonds. The molecule has 0 radical (unpaired) electrons. The lowest BCUT2D eigenvalue weighted by Crippen LogP contribution is -2.13. The molecule has 0 atom stereocenters. The Morgan fingerprint density at radius 2 is 1.70 bits per heavy atom. The van der Waals surface area contributed by atoms with E-state index in [0.717, 1.165) is 36.4 Å². The topological polar surface area (TPSA) is 21.3 Å². The maximum atomic E-state index is 12.9. The van der Waals surface area contributed by atoms with Gasteiger partial charge in [-0.25, -0.2) is 4.39 Å². The van der Waals surface area contributed by atoms with Gasteiger partial charge in [0, 0.05) is 18.7 Å². The molecular formula is C20H26FNO. The van der Waals surface area contributed by atoms with Gasteiger partial charge in [0.2, 0.25) is 0 Å². The Balaban J connectivity index is 1.79. The largest absolute Gasteiger partial charge is 0.493 e. The molecule has 1 N–H and O–H groups in total. The van der Waals surface area contributed by atoms with Crippen LogP contribution in [0, 0.1) is 5.82 Å². The minimum absolute atomic E-state index is 0.199. The van der Waals surface area contributed by atoms with Gasteiger partial charge < -0.3 is 10.1 Å². The lowest BCUT2D eigenvalue weighted by atomic mass is 10.1. The molecule has 2 aromatic carbocycles. The Bertz CT molecular complexity index is 568. The molecule has 2 rings (SSSR count). The molecule has 0 aromatic heterocycles. The standard InChI is InChI=1S/C20H26FNO/c1-2-3-4-7-14-23-20-9-6-5-8-18(20)16-22-15-17-10-12-19(21)13-11-17/h5-6,8-13,22H,2-4,7,14-16H2,1H3. The van der Waals surface area contributed by atoms with Gasteiger partial charge in [0.05, 0.1) is 6.61 Å². The number of benzene rings is 2. The highest BCUT2D eigenvalue weighted by Crippen LogP contribution is 2.18. The summed E-state index contributed by atoms with van der Waals surface area (Å²) in [6, 6.07) is 14.7. The van der Waals surface area contributed by atoms with Gasteiger partial charge >= 0.3 is 0 Å². The van der Waals surface area contributed by atoms with Crippen LogP contribution in [0.2, 0.25) is 0 Å². The van der Waals surface area contributed by atoms with Crippen LogP contribution in [0.3, 0.4) is 0 Å². The molecular weight excluding hydrogens is 289 g/mol. The van der Waals surface area contributed by atoms with Crippen molar-refractivity contribution in [3.05, 3.63) is 65.5 Å². The minimum Gasteiger partial charge on any atom is -0.493 e. The third-order valence-corrected chi connectivity index (χ3v) is 3.79. The predicted octanol–water partition coefficient (Wildman–Crippen LogP) is 5.07. The molecule has 0 saturated heterocycles. The number of hydrogen-bond donors (Lipinski definition) is 1. The fourth-order valence-electron chi connectivity index (χ4n) is 2.45. The minimum atomic E-state index is -0.199. The summed E-state index contributed by atoms with van der Waals surface area (Å²) in [5.74, 6) is 0.756. The second kappa shape index (κ2) is 10.0. The molecule has 0 aliphatic rings. The Morgan fingerprint density at radius 3 is 2.48 bits per heavy atom. The summed E-state index contributed by atoms with van der Waals surface area (Å²) in [4.78, 5) is 0. The van der Waals surface area contributed by atoms with Crippen molar-refractivity contribution in [1.29, 1.82) is 0 Å². The maximum Gasteiger partial charge on any atom is 0.123 e. The number of rotatable bonds is 10. The highest BCUT2D eigenvalue weighted by molar-refractivity contribution is 5.33.